The Hall–Kier alpha value is -1.03. The number of thiophene rings is 1. The van der Waals surface area contributed by atoms with E-state index in [0.29, 0.717) is 19.3 Å². The van der Waals surface area contributed by atoms with Gasteiger partial charge in [0, 0.05) is 13.1 Å². The third-order valence-corrected chi connectivity index (χ3v) is 7.66. The minimum Gasteiger partial charge on any atom is -0.481 e. The molecule has 1 spiro atoms. The molecule has 0 bridgehead atoms. The maximum Gasteiger partial charge on any atom is 0.308 e. The number of sulfonamides is 1. The van der Waals surface area contributed by atoms with E-state index in [1.165, 1.54) is 9.69 Å². The van der Waals surface area contributed by atoms with Crippen LogP contribution in [0.4, 0.5) is 4.39 Å². The molecule has 0 radical (unpaired) electrons. The molecule has 1 unspecified atom stereocenters. The number of carboxylic acid groups (broad SMARTS) is 1. The largest absolute Gasteiger partial charge is 0.481 e. The van der Waals surface area contributed by atoms with Crippen LogP contribution in [-0.2, 0) is 19.6 Å². The zero-order valence-corrected chi connectivity index (χ0v) is 13.3. The van der Waals surface area contributed by atoms with Crippen molar-refractivity contribution in [3.05, 3.63) is 17.3 Å². The summed E-state index contributed by atoms with van der Waals surface area (Å²) >= 11 is 0.865. The Bertz CT molecular complexity index is 678. The summed E-state index contributed by atoms with van der Waals surface area (Å²) < 4.78 is 45.0. The van der Waals surface area contributed by atoms with Gasteiger partial charge in [0.15, 0.2) is 10.0 Å². The topological polar surface area (TPSA) is 83.9 Å². The van der Waals surface area contributed by atoms with Gasteiger partial charge < -0.3 is 9.84 Å². The second kappa shape index (κ2) is 5.55. The summed E-state index contributed by atoms with van der Waals surface area (Å²) in [6.45, 7) is 0.597. The molecule has 2 saturated heterocycles. The fraction of sp³-hybridized carbons (Fsp3) is 0.615. The molecule has 3 heterocycles. The zero-order valence-electron chi connectivity index (χ0n) is 11.7. The van der Waals surface area contributed by atoms with E-state index < -0.39 is 33.3 Å². The molecule has 2 aliphatic rings. The number of hydrogen-bond acceptors (Lipinski definition) is 5. The lowest BCUT2D eigenvalue weighted by Crippen LogP contribution is -2.46. The van der Waals surface area contributed by atoms with Crippen molar-refractivity contribution in [3.63, 3.8) is 0 Å². The average Bonchev–Trinajstić information content (AvgIpc) is 3.07. The van der Waals surface area contributed by atoms with Crippen LogP contribution in [0.3, 0.4) is 0 Å². The highest BCUT2D eigenvalue weighted by Gasteiger charge is 2.47. The Morgan fingerprint density at radius 2 is 2.14 bits per heavy atom. The summed E-state index contributed by atoms with van der Waals surface area (Å²) in [5.74, 6) is -2.14. The van der Waals surface area contributed by atoms with Crippen LogP contribution in [0.25, 0.3) is 0 Å². The third-order valence-electron chi connectivity index (χ3n) is 4.35. The standard InChI is InChI=1S/C13H16FNO5S2/c14-10-1-6-21-12(10)22(18,19)15-4-2-13(3-5-15)7-9(8-20-13)11(16)17/h1,6,9H,2-5,7-8H2,(H,16,17). The molecule has 0 amide bonds. The second-order valence-corrected chi connectivity index (χ2v) is 8.74. The molecule has 1 aromatic rings. The number of piperidine rings is 1. The van der Waals surface area contributed by atoms with E-state index in [-0.39, 0.29) is 23.9 Å². The minimum absolute atomic E-state index is 0.168. The van der Waals surface area contributed by atoms with Gasteiger partial charge in [-0.3, -0.25) is 4.79 Å². The number of nitrogens with zero attached hydrogens (tertiary/aromatic N) is 1. The number of halogens is 1. The lowest BCUT2D eigenvalue weighted by Gasteiger charge is -2.37. The third kappa shape index (κ3) is 2.66. The summed E-state index contributed by atoms with van der Waals surface area (Å²) in [5, 5.41) is 10.4. The van der Waals surface area contributed by atoms with Crippen molar-refractivity contribution in [2.24, 2.45) is 5.92 Å². The molecule has 0 saturated carbocycles. The SMILES string of the molecule is O=C(O)C1COC2(CCN(S(=O)(=O)c3sccc3F)CC2)C1. The quantitative estimate of drug-likeness (QED) is 0.895. The predicted octanol–water partition coefficient (Wildman–Crippen LogP) is 1.53. The summed E-state index contributed by atoms with van der Waals surface area (Å²) in [6, 6.07) is 1.14. The van der Waals surface area contributed by atoms with Crippen LogP contribution in [0.5, 0.6) is 0 Å². The van der Waals surface area contributed by atoms with Gasteiger partial charge in [0.05, 0.1) is 18.1 Å². The van der Waals surface area contributed by atoms with E-state index in [0.717, 1.165) is 17.4 Å². The highest BCUT2D eigenvalue weighted by Crippen LogP contribution is 2.40. The maximum absolute atomic E-state index is 13.5. The first-order chi connectivity index (χ1) is 10.3. The smallest absolute Gasteiger partial charge is 0.308 e. The monoisotopic (exact) mass is 349 g/mol. The molecule has 3 rings (SSSR count). The zero-order chi connectivity index (χ0) is 16.0. The number of rotatable bonds is 3. The van der Waals surface area contributed by atoms with Crippen molar-refractivity contribution in [3.8, 4) is 0 Å². The summed E-state index contributed by atoms with van der Waals surface area (Å²) in [5.41, 5.74) is -0.553. The highest BCUT2D eigenvalue weighted by atomic mass is 32.2. The van der Waals surface area contributed by atoms with Crippen LogP contribution in [0.1, 0.15) is 19.3 Å². The Balaban J connectivity index is 1.70. The van der Waals surface area contributed by atoms with Gasteiger partial charge in [0.2, 0.25) is 0 Å². The molecule has 1 aromatic heterocycles. The molecule has 0 aromatic carbocycles. The van der Waals surface area contributed by atoms with Crippen molar-refractivity contribution in [1.29, 1.82) is 0 Å². The van der Waals surface area contributed by atoms with Crippen molar-refractivity contribution in [2.75, 3.05) is 19.7 Å². The number of carbonyl (C=O) groups is 1. The lowest BCUT2D eigenvalue weighted by atomic mass is 9.86. The first-order valence-electron chi connectivity index (χ1n) is 6.94. The van der Waals surface area contributed by atoms with E-state index >= 15 is 0 Å². The van der Waals surface area contributed by atoms with Gasteiger partial charge >= 0.3 is 5.97 Å². The molecular formula is C13H16FNO5S2. The van der Waals surface area contributed by atoms with Crippen LogP contribution in [0.2, 0.25) is 0 Å². The lowest BCUT2D eigenvalue weighted by molar-refractivity contribution is -0.141. The van der Waals surface area contributed by atoms with Gasteiger partial charge in [0.1, 0.15) is 0 Å². The second-order valence-electron chi connectivity index (χ2n) is 5.69. The van der Waals surface area contributed by atoms with E-state index in [9.17, 15) is 17.6 Å². The number of hydrogen-bond donors (Lipinski definition) is 1. The van der Waals surface area contributed by atoms with Crippen molar-refractivity contribution < 1.29 is 27.4 Å². The molecule has 0 aliphatic carbocycles. The van der Waals surface area contributed by atoms with Gasteiger partial charge in [-0.2, -0.15) is 4.31 Å². The van der Waals surface area contributed by atoms with Crippen molar-refractivity contribution >= 4 is 27.3 Å². The minimum atomic E-state index is -3.82. The first-order valence-corrected chi connectivity index (χ1v) is 9.26. The molecule has 1 atom stereocenters. The molecule has 122 valence electrons. The van der Waals surface area contributed by atoms with Crippen LogP contribution >= 0.6 is 11.3 Å². The Kier molecular flexibility index (Phi) is 4.00. The number of carboxylic acids is 1. The molecule has 1 N–H and O–H groups in total. The van der Waals surface area contributed by atoms with Gasteiger partial charge in [-0.15, -0.1) is 11.3 Å². The van der Waals surface area contributed by atoms with Crippen molar-refractivity contribution in [1.82, 2.24) is 4.31 Å². The van der Waals surface area contributed by atoms with Crippen molar-refractivity contribution in [2.45, 2.75) is 29.1 Å². The summed E-state index contributed by atoms with van der Waals surface area (Å²) in [6.07, 6.45) is 1.27. The predicted molar refractivity (Wildman–Crippen MR) is 76.7 cm³/mol. The average molecular weight is 349 g/mol. The number of ether oxygens (including phenoxy) is 1. The Morgan fingerprint density at radius 3 is 2.64 bits per heavy atom. The van der Waals surface area contributed by atoms with Crippen LogP contribution in [-0.4, -0.2) is 49.1 Å². The van der Waals surface area contributed by atoms with Crippen LogP contribution in [0.15, 0.2) is 15.7 Å². The summed E-state index contributed by atoms with van der Waals surface area (Å²) in [4.78, 5) is 11.0. The summed E-state index contributed by atoms with van der Waals surface area (Å²) in [7, 11) is -3.82. The van der Waals surface area contributed by atoms with Gasteiger partial charge in [-0.05, 0) is 30.7 Å². The Labute approximate surface area is 131 Å². The fourth-order valence-corrected chi connectivity index (χ4v) is 5.74. The first kappa shape index (κ1) is 15.9. The normalized spacial score (nSPS) is 25.6. The van der Waals surface area contributed by atoms with Crippen LogP contribution < -0.4 is 0 Å². The molecule has 9 heteroatoms. The molecule has 6 nitrogen and oxygen atoms in total. The van der Waals surface area contributed by atoms with Gasteiger partial charge in [-0.1, -0.05) is 0 Å². The number of aliphatic carboxylic acids is 1. The van der Waals surface area contributed by atoms with Gasteiger partial charge in [0.25, 0.3) is 10.0 Å². The van der Waals surface area contributed by atoms with E-state index in [1.807, 2.05) is 0 Å². The molecular weight excluding hydrogens is 333 g/mol. The van der Waals surface area contributed by atoms with E-state index in [1.54, 1.807) is 0 Å². The van der Waals surface area contributed by atoms with E-state index in [4.69, 9.17) is 9.84 Å². The maximum atomic E-state index is 13.5. The molecule has 22 heavy (non-hydrogen) atoms. The fourth-order valence-electron chi connectivity index (χ4n) is 3.07. The Morgan fingerprint density at radius 1 is 1.45 bits per heavy atom. The van der Waals surface area contributed by atoms with Crippen LogP contribution in [0, 0.1) is 11.7 Å². The highest BCUT2D eigenvalue weighted by molar-refractivity contribution is 7.91. The van der Waals surface area contributed by atoms with E-state index in [2.05, 4.69) is 0 Å². The molecule has 2 aliphatic heterocycles. The van der Waals surface area contributed by atoms with Gasteiger partial charge in [-0.25, -0.2) is 12.8 Å². The molecule has 2 fully saturated rings.